The molecular formula is C14H26. The topological polar surface area (TPSA) is 0 Å². The summed E-state index contributed by atoms with van der Waals surface area (Å²) in [7, 11) is 0. The van der Waals surface area contributed by atoms with Crippen molar-refractivity contribution in [1.82, 2.24) is 0 Å². The molecule has 0 saturated heterocycles. The molecule has 2 fully saturated rings. The third kappa shape index (κ3) is 1.73. The van der Waals surface area contributed by atoms with E-state index in [2.05, 4.69) is 20.8 Å². The van der Waals surface area contributed by atoms with Gasteiger partial charge >= 0.3 is 0 Å². The maximum Gasteiger partial charge on any atom is -0.0329 e. The predicted octanol–water partition coefficient (Wildman–Crippen LogP) is 4.49. The average Bonchev–Trinajstić information content (AvgIpc) is 2.58. The Balaban J connectivity index is 2.05. The largest absolute Gasteiger partial charge is 0.0654 e. The van der Waals surface area contributed by atoms with Crippen LogP contribution in [0.4, 0.5) is 0 Å². The van der Waals surface area contributed by atoms with E-state index < -0.39 is 0 Å². The van der Waals surface area contributed by atoms with Gasteiger partial charge in [-0.1, -0.05) is 46.5 Å². The Labute approximate surface area is 89.5 Å². The molecule has 0 radical (unpaired) electrons. The van der Waals surface area contributed by atoms with Gasteiger partial charge in [-0.3, -0.25) is 0 Å². The van der Waals surface area contributed by atoms with Gasteiger partial charge in [-0.25, -0.2) is 0 Å². The van der Waals surface area contributed by atoms with Crippen LogP contribution in [-0.4, -0.2) is 0 Å². The lowest BCUT2D eigenvalue weighted by Gasteiger charge is -2.39. The molecule has 0 aromatic rings. The Hall–Kier alpha value is 0. The third-order valence-electron chi connectivity index (χ3n) is 5.03. The van der Waals surface area contributed by atoms with Gasteiger partial charge in [0, 0.05) is 0 Å². The van der Waals surface area contributed by atoms with Crippen LogP contribution < -0.4 is 0 Å². The van der Waals surface area contributed by atoms with Crippen molar-refractivity contribution < 1.29 is 0 Å². The minimum absolute atomic E-state index is 1.02. The molecule has 5 unspecified atom stereocenters. The van der Waals surface area contributed by atoms with E-state index in [-0.39, 0.29) is 0 Å². The van der Waals surface area contributed by atoms with Gasteiger partial charge in [0.2, 0.25) is 0 Å². The number of hydrogen-bond donors (Lipinski definition) is 0. The molecule has 0 spiro atoms. The quantitative estimate of drug-likeness (QED) is 0.607. The van der Waals surface area contributed by atoms with E-state index in [1.165, 1.54) is 32.1 Å². The second-order valence-corrected chi connectivity index (χ2v) is 5.90. The van der Waals surface area contributed by atoms with E-state index in [1.54, 1.807) is 6.42 Å². The predicted molar refractivity (Wildman–Crippen MR) is 62.2 cm³/mol. The summed E-state index contributed by atoms with van der Waals surface area (Å²) in [6, 6.07) is 0. The van der Waals surface area contributed by atoms with Crippen LogP contribution in [-0.2, 0) is 0 Å². The van der Waals surface area contributed by atoms with Crippen LogP contribution in [0.25, 0.3) is 0 Å². The fraction of sp³-hybridized carbons (Fsp3) is 1.00. The Bertz CT molecular complexity index is 184. The minimum atomic E-state index is 1.02. The molecule has 0 nitrogen and oxygen atoms in total. The lowest BCUT2D eigenvalue weighted by atomic mass is 9.66. The van der Waals surface area contributed by atoms with E-state index >= 15 is 0 Å². The van der Waals surface area contributed by atoms with Crippen molar-refractivity contribution >= 4 is 0 Å². The summed E-state index contributed by atoms with van der Waals surface area (Å²) in [5.74, 6) is 5.32. The minimum Gasteiger partial charge on any atom is -0.0654 e. The maximum atomic E-state index is 2.51. The Kier molecular flexibility index (Phi) is 3.19. The standard InChI is InChI=1S/C14H26/c1-4-5-12-8-9-13-10(2)6-7-11(3)14(12)13/h10-14H,4-9H2,1-3H3. The highest BCUT2D eigenvalue weighted by Crippen LogP contribution is 2.52. The first-order valence-corrected chi connectivity index (χ1v) is 6.74. The Morgan fingerprint density at radius 2 is 1.64 bits per heavy atom. The van der Waals surface area contributed by atoms with Crippen LogP contribution >= 0.6 is 0 Å². The second-order valence-electron chi connectivity index (χ2n) is 5.90. The molecule has 0 heteroatoms. The summed E-state index contributed by atoms with van der Waals surface area (Å²) < 4.78 is 0. The summed E-state index contributed by atoms with van der Waals surface area (Å²) in [6.07, 6.45) is 8.98. The molecule has 14 heavy (non-hydrogen) atoms. The van der Waals surface area contributed by atoms with Gasteiger partial charge in [0.15, 0.2) is 0 Å². The number of hydrogen-bond acceptors (Lipinski definition) is 0. The summed E-state index contributed by atoms with van der Waals surface area (Å²) >= 11 is 0. The normalized spacial score (nSPS) is 47.8. The molecule has 0 aromatic heterocycles. The lowest BCUT2D eigenvalue weighted by Crippen LogP contribution is -2.31. The molecule has 2 aliphatic rings. The highest BCUT2D eigenvalue weighted by molar-refractivity contribution is 4.93. The van der Waals surface area contributed by atoms with E-state index in [1.807, 2.05) is 0 Å². The second kappa shape index (κ2) is 4.24. The Morgan fingerprint density at radius 3 is 2.36 bits per heavy atom. The summed E-state index contributed by atoms with van der Waals surface area (Å²) in [6.45, 7) is 7.36. The lowest BCUT2D eigenvalue weighted by molar-refractivity contribution is 0.103. The molecule has 2 saturated carbocycles. The zero-order valence-electron chi connectivity index (χ0n) is 10.1. The third-order valence-corrected chi connectivity index (χ3v) is 5.03. The number of rotatable bonds is 2. The van der Waals surface area contributed by atoms with Crippen molar-refractivity contribution in [2.24, 2.45) is 29.6 Å². The first-order valence-electron chi connectivity index (χ1n) is 6.74. The molecule has 2 aliphatic carbocycles. The van der Waals surface area contributed by atoms with Crippen LogP contribution in [0.3, 0.4) is 0 Å². The molecular weight excluding hydrogens is 168 g/mol. The number of fused-ring (bicyclic) bond motifs is 1. The van der Waals surface area contributed by atoms with Crippen molar-refractivity contribution in [3.8, 4) is 0 Å². The monoisotopic (exact) mass is 194 g/mol. The van der Waals surface area contributed by atoms with Gasteiger partial charge in [-0.2, -0.15) is 0 Å². The van der Waals surface area contributed by atoms with Crippen LogP contribution in [0.15, 0.2) is 0 Å². The van der Waals surface area contributed by atoms with Gasteiger partial charge in [0.1, 0.15) is 0 Å². The van der Waals surface area contributed by atoms with Crippen LogP contribution in [0.2, 0.25) is 0 Å². The fourth-order valence-corrected chi connectivity index (χ4v) is 4.33. The molecule has 5 atom stereocenters. The van der Waals surface area contributed by atoms with Crippen molar-refractivity contribution in [1.29, 1.82) is 0 Å². The van der Waals surface area contributed by atoms with Crippen molar-refractivity contribution in [3.63, 3.8) is 0 Å². The van der Waals surface area contributed by atoms with Crippen molar-refractivity contribution in [2.75, 3.05) is 0 Å². The zero-order chi connectivity index (χ0) is 10.1. The van der Waals surface area contributed by atoms with E-state index in [4.69, 9.17) is 0 Å². The molecule has 0 aliphatic heterocycles. The smallest absolute Gasteiger partial charge is 0.0329 e. The summed E-state index contributed by atoms with van der Waals surface area (Å²) in [4.78, 5) is 0. The molecule has 0 aromatic carbocycles. The van der Waals surface area contributed by atoms with E-state index in [0.29, 0.717) is 0 Å². The maximum absolute atomic E-state index is 2.51. The first kappa shape index (κ1) is 10.5. The average molecular weight is 194 g/mol. The van der Waals surface area contributed by atoms with Gasteiger partial charge in [0.25, 0.3) is 0 Å². The molecule has 2 rings (SSSR count). The molecule has 0 heterocycles. The molecule has 0 amide bonds. The van der Waals surface area contributed by atoms with Gasteiger partial charge in [-0.15, -0.1) is 0 Å². The van der Waals surface area contributed by atoms with Gasteiger partial charge < -0.3 is 0 Å². The summed E-state index contributed by atoms with van der Waals surface area (Å²) in [5, 5.41) is 0. The molecule has 0 N–H and O–H groups in total. The van der Waals surface area contributed by atoms with Crippen molar-refractivity contribution in [2.45, 2.75) is 59.3 Å². The van der Waals surface area contributed by atoms with Crippen LogP contribution in [0.1, 0.15) is 59.3 Å². The fourth-order valence-electron chi connectivity index (χ4n) is 4.33. The van der Waals surface area contributed by atoms with E-state index in [0.717, 1.165) is 29.6 Å². The zero-order valence-corrected chi connectivity index (χ0v) is 10.1. The van der Waals surface area contributed by atoms with Crippen LogP contribution in [0, 0.1) is 29.6 Å². The Morgan fingerprint density at radius 1 is 0.929 bits per heavy atom. The highest BCUT2D eigenvalue weighted by Gasteiger charge is 2.43. The molecule has 0 bridgehead atoms. The molecule has 82 valence electrons. The van der Waals surface area contributed by atoms with Crippen LogP contribution in [0.5, 0.6) is 0 Å². The van der Waals surface area contributed by atoms with Crippen molar-refractivity contribution in [3.05, 3.63) is 0 Å². The summed E-state index contributed by atoms with van der Waals surface area (Å²) in [5.41, 5.74) is 0. The SMILES string of the molecule is CCCC1CCC2C(C)CCC(C)C12. The van der Waals surface area contributed by atoms with Gasteiger partial charge in [-0.05, 0) is 42.4 Å². The highest BCUT2D eigenvalue weighted by atomic mass is 14.5. The first-order chi connectivity index (χ1) is 6.74. The van der Waals surface area contributed by atoms with Gasteiger partial charge in [0.05, 0.1) is 0 Å². The van der Waals surface area contributed by atoms with E-state index in [9.17, 15) is 0 Å².